The van der Waals surface area contributed by atoms with Gasteiger partial charge in [0, 0.05) is 36.5 Å². The summed E-state index contributed by atoms with van der Waals surface area (Å²) >= 11 is 6.31. The number of fused-ring (bicyclic) bond motifs is 1. The molecule has 2 aliphatic rings. The van der Waals surface area contributed by atoms with E-state index < -0.39 is 23.1 Å². The minimum Gasteiger partial charge on any atom is -0.443 e. The first-order valence-corrected chi connectivity index (χ1v) is 10.3. The molecule has 1 aliphatic heterocycles. The minimum atomic E-state index is -2.00. The number of nitrogens with zero attached hydrogens (tertiary/aromatic N) is 1. The standard InChI is InChI=1S/C23H28ClNO5/c1-6-14(2)11-15(3)7-8-17-12-18-19(13-25(17)9-10-26)21(28)23(5,30-16(4)27)22(29)20(18)24/h7-8,11-14,26H,6,9-10H2,1-5H3/b8-7+,15-11-/t14-,23-/m1/s1. The highest BCUT2D eigenvalue weighted by Gasteiger charge is 2.52. The molecule has 7 heteroatoms. The highest BCUT2D eigenvalue weighted by molar-refractivity contribution is 6.49. The van der Waals surface area contributed by atoms with Gasteiger partial charge in [0.05, 0.1) is 11.6 Å². The Morgan fingerprint density at radius 3 is 2.57 bits per heavy atom. The summed E-state index contributed by atoms with van der Waals surface area (Å²) in [6.07, 6.45) is 10.2. The molecule has 30 heavy (non-hydrogen) atoms. The molecule has 6 nitrogen and oxygen atoms in total. The number of carbonyl (C=O) groups is 3. The third kappa shape index (κ3) is 4.82. The summed E-state index contributed by atoms with van der Waals surface area (Å²) in [7, 11) is 0. The number of β-amino-alcohol motifs (C(OH)–C–C–N with tert-alkyl or cyclic N) is 1. The fourth-order valence-corrected chi connectivity index (χ4v) is 3.66. The first-order chi connectivity index (χ1) is 14.0. The van der Waals surface area contributed by atoms with Gasteiger partial charge in [0.2, 0.25) is 17.2 Å². The first-order valence-electron chi connectivity index (χ1n) is 9.92. The monoisotopic (exact) mass is 433 g/mol. The van der Waals surface area contributed by atoms with Crippen LogP contribution in [0.4, 0.5) is 0 Å². The van der Waals surface area contributed by atoms with Crippen LogP contribution in [0.25, 0.3) is 0 Å². The number of halogens is 1. The number of Topliss-reactive ketones (excluding diaryl/α,β-unsaturated/α-hetero) is 2. The quantitative estimate of drug-likeness (QED) is 0.375. The molecule has 2 rings (SSSR count). The van der Waals surface area contributed by atoms with Crippen molar-refractivity contribution in [2.24, 2.45) is 5.92 Å². The van der Waals surface area contributed by atoms with Gasteiger partial charge in [-0.15, -0.1) is 0 Å². The summed E-state index contributed by atoms with van der Waals surface area (Å²) in [5, 5.41) is 9.30. The smallest absolute Gasteiger partial charge is 0.304 e. The molecule has 0 bridgehead atoms. The lowest BCUT2D eigenvalue weighted by Gasteiger charge is -2.35. The molecule has 2 atom stereocenters. The molecule has 162 valence electrons. The van der Waals surface area contributed by atoms with Gasteiger partial charge in [-0.2, -0.15) is 0 Å². The van der Waals surface area contributed by atoms with E-state index in [4.69, 9.17) is 16.3 Å². The van der Waals surface area contributed by atoms with E-state index in [1.54, 1.807) is 11.0 Å². The number of ketones is 2. The fraction of sp³-hybridized carbons (Fsp3) is 0.435. The van der Waals surface area contributed by atoms with Crippen molar-refractivity contribution in [3.8, 4) is 0 Å². The van der Waals surface area contributed by atoms with Gasteiger partial charge in [-0.25, -0.2) is 0 Å². The number of rotatable bonds is 7. The van der Waals surface area contributed by atoms with Gasteiger partial charge >= 0.3 is 5.97 Å². The number of aliphatic hydroxyl groups excluding tert-OH is 1. The highest BCUT2D eigenvalue weighted by Crippen LogP contribution is 2.39. The number of hydrogen-bond acceptors (Lipinski definition) is 6. The van der Waals surface area contributed by atoms with Crippen LogP contribution in [0.5, 0.6) is 0 Å². The van der Waals surface area contributed by atoms with Crippen molar-refractivity contribution >= 4 is 29.1 Å². The first kappa shape index (κ1) is 23.8. The minimum absolute atomic E-state index is 0.141. The molecule has 0 radical (unpaired) electrons. The summed E-state index contributed by atoms with van der Waals surface area (Å²) in [5.41, 5.74) is 0.200. The maximum absolute atomic E-state index is 13.0. The Morgan fingerprint density at radius 1 is 1.33 bits per heavy atom. The maximum Gasteiger partial charge on any atom is 0.304 e. The van der Waals surface area contributed by atoms with E-state index in [-0.39, 0.29) is 29.3 Å². The summed E-state index contributed by atoms with van der Waals surface area (Å²) in [4.78, 5) is 39.0. The largest absolute Gasteiger partial charge is 0.443 e. The van der Waals surface area contributed by atoms with Crippen LogP contribution >= 0.6 is 11.6 Å². The molecular weight excluding hydrogens is 406 g/mol. The lowest BCUT2D eigenvalue weighted by Crippen LogP contribution is -2.52. The average molecular weight is 434 g/mol. The van der Waals surface area contributed by atoms with Crippen LogP contribution < -0.4 is 0 Å². The lowest BCUT2D eigenvalue weighted by molar-refractivity contribution is -0.167. The van der Waals surface area contributed by atoms with Gasteiger partial charge in [-0.1, -0.05) is 49.6 Å². The second-order valence-electron chi connectivity index (χ2n) is 7.67. The molecule has 0 aromatic rings. The van der Waals surface area contributed by atoms with E-state index in [1.165, 1.54) is 13.1 Å². The molecule has 0 saturated heterocycles. The van der Waals surface area contributed by atoms with Crippen molar-refractivity contribution in [3.63, 3.8) is 0 Å². The van der Waals surface area contributed by atoms with Crippen LogP contribution in [0.2, 0.25) is 0 Å². The number of aliphatic hydroxyl groups is 1. The number of carbonyl (C=O) groups excluding carboxylic acids is 3. The van der Waals surface area contributed by atoms with E-state index >= 15 is 0 Å². The zero-order valence-electron chi connectivity index (χ0n) is 18.0. The molecule has 0 aromatic carbocycles. The van der Waals surface area contributed by atoms with Gasteiger partial charge in [0.25, 0.3) is 0 Å². The Morgan fingerprint density at radius 2 is 2.00 bits per heavy atom. The van der Waals surface area contributed by atoms with Crippen molar-refractivity contribution < 1.29 is 24.2 Å². The number of allylic oxidation sites excluding steroid dienone is 6. The number of ether oxygens (including phenoxy) is 1. The summed E-state index contributed by atoms with van der Waals surface area (Å²) in [6, 6.07) is 0. The number of hydrogen-bond donors (Lipinski definition) is 1. The van der Waals surface area contributed by atoms with Crippen LogP contribution in [0.1, 0.15) is 41.0 Å². The zero-order chi connectivity index (χ0) is 22.6. The van der Waals surface area contributed by atoms with Gasteiger partial charge in [0.15, 0.2) is 0 Å². The number of esters is 1. The Kier molecular flexibility index (Phi) is 7.61. The summed E-state index contributed by atoms with van der Waals surface area (Å²) < 4.78 is 5.06. The van der Waals surface area contributed by atoms with Crippen molar-refractivity contribution in [1.29, 1.82) is 0 Å². The third-order valence-corrected chi connectivity index (χ3v) is 5.52. The fourth-order valence-electron chi connectivity index (χ4n) is 3.33. The molecule has 1 heterocycles. The van der Waals surface area contributed by atoms with Gasteiger partial charge in [0.1, 0.15) is 0 Å². The molecule has 0 fully saturated rings. The third-order valence-electron chi connectivity index (χ3n) is 5.14. The van der Waals surface area contributed by atoms with E-state index in [2.05, 4.69) is 19.9 Å². The van der Waals surface area contributed by atoms with Crippen LogP contribution in [-0.4, -0.2) is 46.3 Å². The lowest BCUT2D eigenvalue weighted by atomic mass is 9.79. The second-order valence-corrected chi connectivity index (χ2v) is 8.05. The molecular formula is C23H28ClNO5. The normalized spacial score (nSPS) is 23.4. The van der Waals surface area contributed by atoms with E-state index in [1.807, 2.05) is 19.1 Å². The highest BCUT2D eigenvalue weighted by atomic mass is 35.5. The van der Waals surface area contributed by atoms with Gasteiger partial charge in [-0.05, 0) is 31.9 Å². The molecule has 0 unspecified atom stereocenters. The average Bonchev–Trinajstić information content (AvgIpc) is 2.69. The van der Waals surface area contributed by atoms with Gasteiger partial charge < -0.3 is 14.7 Å². The second kappa shape index (κ2) is 9.58. The Labute approximate surface area is 182 Å². The maximum atomic E-state index is 13.0. The predicted octanol–water partition coefficient (Wildman–Crippen LogP) is 3.58. The van der Waals surface area contributed by atoms with Crippen LogP contribution in [0.15, 0.2) is 58.0 Å². The SMILES string of the molecule is CC[C@@H](C)/C=C(C)\C=C\C1=CC2=C(Cl)C(=O)[C@](C)(OC(C)=O)C(=O)C2=CN1CCO. The van der Waals surface area contributed by atoms with Crippen LogP contribution in [-0.2, 0) is 19.1 Å². The summed E-state index contributed by atoms with van der Waals surface area (Å²) in [6.45, 7) is 8.72. The van der Waals surface area contributed by atoms with Crippen molar-refractivity contribution in [2.75, 3.05) is 13.2 Å². The van der Waals surface area contributed by atoms with Crippen LogP contribution in [0.3, 0.4) is 0 Å². The topological polar surface area (TPSA) is 83.9 Å². The van der Waals surface area contributed by atoms with Crippen molar-refractivity contribution in [2.45, 2.75) is 46.6 Å². The van der Waals surface area contributed by atoms with Gasteiger partial charge in [-0.3, -0.25) is 14.4 Å². The predicted molar refractivity (Wildman–Crippen MR) is 115 cm³/mol. The Balaban J connectivity index is 2.52. The van der Waals surface area contributed by atoms with E-state index in [0.717, 1.165) is 18.9 Å². The molecule has 0 saturated carbocycles. The summed E-state index contributed by atoms with van der Waals surface area (Å²) in [5.74, 6) is -1.70. The molecule has 1 N–H and O–H groups in total. The van der Waals surface area contributed by atoms with Crippen LogP contribution in [0, 0.1) is 5.92 Å². The van der Waals surface area contributed by atoms with E-state index in [9.17, 15) is 19.5 Å². The van der Waals surface area contributed by atoms with E-state index in [0.29, 0.717) is 11.6 Å². The molecule has 1 aliphatic carbocycles. The Hall–Kier alpha value is -2.44. The molecule has 0 amide bonds. The Bertz CT molecular complexity index is 909. The van der Waals surface area contributed by atoms with Crippen molar-refractivity contribution in [3.05, 3.63) is 58.0 Å². The molecule has 0 aromatic heterocycles. The van der Waals surface area contributed by atoms with Crippen molar-refractivity contribution in [1.82, 2.24) is 4.90 Å². The molecule has 0 spiro atoms. The zero-order valence-corrected chi connectivity index (χ0v) is 18.7.